The van der Waals surface area contributed by atoms with Gasteiger partial charge in [-0.15, -0.1) is 0 Å². The summed E-state index contributed by atoms with van der Waals surface area (Å²) in [6, 6.07) is 17.9. The molecule has 0 saturated carbocycles. The van der Waals surface area contributed by atoms with Crippen molar-refractivity contribution < 1.29 is 4.74 Å². The monoisotopic (exact) mass is 305 g/mol. The molecule has 1 fully saturated rings. The highest BCUT2D eigenvalue weighted by Crippen LogP contribution is 2.51. The molecule has 4 rings (SSSR count). The Morgan fingerprint density at radius 1 is 1.17 bits per heavy atom. The fourth-order valence-electron chi connectivity index (χ4n) is 4.38. The number of nitrogens with one attached hydrogen (secondary N) is 1. The first kappa shape index (κ1) is 14.5. The molecule has 0 amide bonds. The van der Waals surface area contributed by atoms with Crippen molar-refractivity contribution in [1.82, 2.24) is 5.32 Å². The topological polar surface area (TPSA) is 21.3 Å². The summed E-state index contributed by atoms with van der Waals surface area (Å²) in [6.07, 6.45) is 3.39. The average molecular weight is 305 g/mol. The summed E-state index contributed by atoms with van der Waals surface area (Å²) in [6.45, 7) is 3.23. The van der Waals surface area contributed by atoms with Gasteiger partial charge in [-0.1, -0.05) is 42.5 Å². The molecule has 1 aliphatic carbocycles. The van der Waals surface area contributed by atoms with Crippen molar-refractivity contribution in [2.45, 2.75) is 25.3 Å². The molecule has 0 spiro atoms. The van der Waals surface area contributed by atoms with Gasteiger partial charge in [-0.2, -0.15) is 0 Å². The number of rotatable bonds is 3. The van der Waals surface area contributed by atoms with Crippen molar-refractivity contribution in [3.63, 3.8) is 0 Å². The summed E-state index contributed by atoms with van der Waals surface area (Å²) in [5.74, 6) is 2.11. The standard InChI is InChI=1S/C21H23NO/c1-3-16-17-10-9-15(23-2)12-18(17)19-13-22-20(21(16)19)11-14-7-5-4-6-8-14/h3-10,12,19-22H,11,13H2,1-2H3. The van der Waals surface area contributed by atoms with Crippen LogP contribution in [0.4, 0.5) is 0 Å². The Labute approximate surface area is 138 Å². The highest BCUT2D eigenvalue weighted by Gasteiger charge is 2.45. The van der Waals surface area contributed by atoms with Crippen LogP contribution in [0.5, 0.6) is 5.75 Å². The molecule has 1 saturated heterocycles. The van der Waals surface area contributed by atoms with Crippen LogP contribution in [0.2, 0.25) is 0 Å². The van der Waals surface area contributed by atoms with Crippen LogP contribution in [-0.2, 0) is 6.42 Å². The Kier molecular flexibility index (Phi) is 3.70. The van der Waals surface area contributed by atoms with Gasteiger partial charge in [0.15, 0.2) is 0 Å². The molecule has 118 valence electrons. The van der Waals surface area contributed by atoms with Crippen LogP contribution in [0.25, 0.3) is 5.57 Å². The SMILES string of the molecule is CC=C1c2ccc(OC)cc2C2CNC(Cc3ccccc3)C12. The maximum Gasteiger partial charge on any atom is 0.119 e. The van der Waals surface area contributed by atoms with Gasteiger partial charge in [-0.05, 0) is 47.7 Å². The lowest BCUT2D eigenvalue weighted by atomic mass is 9.85. The smallest absolute Gasteiger partial charge is 0.119 e. The normalized spacial score (nSPS) is 27.0. The van der Waals surface area contributed by atoms with Gasteiger partial charge in [-0.25, -0.2) is 0 Å². The first-order valence-electron chi connectivity index (χ1n) is 8.43. The van der Waals surface area contributed by atoms with E-state index in [4.69, 9.17) is 4.74 Å². The van der Waals surface area contributed by atoms with Crippen LogP contribution in [0.1, 0.15) is 29.5 Å². The van der Waals surface area contributed by atoms with Crippen LogP contribution < -0.4 is 10.1 Å². The van der Waals surface area contributed by atoms with Gasteiger partial charge in [-0.3, -0.25) is 0 Å². The van der Waals surface area contributed by atoms with Crippen LogP contribution in [0.15, 0.2) is 54.6 Å². The number of hydrogen-bond donors (Lipinski definition) is 1. The number of allylic oxidation sites excluding steroid dienone is 1. The van der Waals surface area contributed by atoms with Gasteiger partial charge in [0, 0.05) is 24.4 Å². The van der Waals surface area contributed by atoms with Crippen molar-refractivity contribution in [3.8, 4) is 5.75 Å². The van der Waals surface area contributed by atoms with Crippen molar-refractivity contribution in [1.29, 1.82) is 0 Å². The summed E-state index contributed by atoms with van der Waals surface area (Å²) in [5, 5.41) is 3.77. The second kappa shape index (κ2) is 5.86. The quantitative estimate of drug-likeness (QED) is 0.924. The van der Waals surface area contributed by atoms with Crippen molar-refractivity contribution >= 4 is 5.57 Å². The molecule has 1 N–H and O–H groups in total. The Morgan fingerprint density at radius 3 is 2.74 bits per heavy atom. The number of benzene rings is 2. The van der Waals surface area contributed by atoms with Gasteiger partial charge in [0.05, 0.1) is 7.11 Å². The van der Waals surface area contributed by atoms with Crippen molar-refractivity contribution in [3.05, 3.63) is 71.3 Å². The number of methoxy groups -OCH3 is 1. The fraction of sp³-hybridized carbons (Fsp3) is 0.333. The lowest BCUT2D eigenvalue weighted by molar-refractivity contribution is 0.414. The maximum absolute atomic E-state index is 5.44. The largest absolute Gasteiger partial charge is 0.497 e. The van der Waals surface area contributed by atoms with Crippen LogP contribution in [0.3, 0.4) is 0 Å². The highest BCUT2D eigenvalue weighted by atomic mass is 16.5. The lowest BCUT2D eigenvalue weighted by Gasteiger charge is -2.20. The molecule has 2 nitrogen and oxygen atoms in total. The number of hydrogen-bond acceptors (Lipinski definition) is 2. The third kappa shape index (κ3) is 2.38. The molecule has 3 atom stereocenters. The summed E-state index contributed by atoms with van der Waals surface area (Å²) in [4.78, 5) is 0. The second-order valence-electron chi connectivity index (χ2n) is 6.53. The Morgan fingerprint density at radius 2 is 2.00 bits per heavy atom. The Hall–Kier alpha value is -2.06. The molecule has 0 aromatic heterocycles. The van der Waals surface area contributed by atoms with E-state index < -0.39 is 0 Å². The molecular weight excluding hydrogens is 282 g/mol. The van der Waals surface area contributed by atoms with Crippen molar-refractivity contribution in [2.75, 3.05) is 13.7 Å². The zero-order valence-corrected chi connectivity index (χ0v) is 13.8. The summed E-state index contributed by atoms with van der Waals surface area (Å²) in [5.41, 5.74) is 5.78. The minimum atomic E-state index is 0.506. The molecule has 2 aromatic rings. The average Bonchev–Trinajstić information content (AvgIpc) is 3.13. The third-order valence-corrected chi connectivity index (χ3v) is 5.40. The van der Waals surface area contributed by atoms with Gasteiger partial charge in [0.1, 0.15) is 5.75 Å². The Bertz CT molecular complexity index is 735. The van der Waals surface area contributed by atoms with E-state index in [2.05, 4.69) is 66.8 Å². The van der Waals surface area contributed by atoms with E-state index in [1.807, 2.05) is 0 Å². The molecule has 1 heterocycles. The van der Waals surface area contributed by atoms with E-state index in [0.29, 0.717) is 17.9 Å². The van der Waals surface area contributed by atoms with Crippen LogP contribution >= 0.6 is 0 Å². The van der Waals surface area contributed by atoms with Crippen LogP contribution in [0, 0.1) is 5.92 Å². The van der Waals surface area contributed by atoms with E-state index in [9.17, 15) is 0 Å². The second-order valence-corrected chi connectivity index (χ2v) is 6.53. The predicted octanol–water partition coefficient (Wildman–Crippen LogP) is 4.03. The van der Waals surface area contributed by atoms with Crippen LogP contribution in [-0.4, -0.2) is 19.7 Å². The summed E-state index contributed by atoms with van der Waals surface area (Å²) in [7, 11) is 1.75. The molecule has 23 heavy (non-hydrogen) atoms. The van der Waals surface area contributed by atoms with Crippen molar-refractivity contribution in [2.24, 2.45) is 5.92 Å². The molecule has 0 bridgehead atoms. The lowest BCUT2D eigenvalue weighted by Crippen LogP contribution is -2.29. The van der Waals surface area contributed by atoms with E-state index in [0.717, 1.165) is 18.7 Å². The highest BCUT2D eigenvalue weighted by molar-refractivity contribution is 5.78. The third-order valence-electron chi connectivity index (χ3n) is 5.40. The van der Waals surface area contributed by atoms with Gasteiger partial charge < -0.3 is 10.1 Å². The zero-order chi connectivity index (χ0) is 15.8. The summed E-state index contributed by atoms with van der Waals surface area (Å²) >= 11 is 0. The minimum absolute atomic E-state index is 0.506. The van der Waals surface area contributed by atoms with Gasteiger partial charge >= 0.3 is 0 Å². The minimum Gasteiger partial charge on any atom is -0.497 e. The Balaban J connectivity index is 1.67. The van der Waals surface area contributed by atoms with E-state index in [1.165, 1.54) is 22.3 Å². The summed E-state index contributed by atoms with van der Waals surface area (Å²) < 4.78 is 5.44. The first-order chi connectivity index (χ1) is 11.3. The maximum atomic E-state index is 5.44. The van der Waals surface area contributed by atoms with Gasteiger partial charge in [0.25, 0.3) is 0 Å². The molecule has 1 aliphatic heterocycles. The van der Waals surface area contributed by atoms with E-state index in [1.54, 1.807) is 7.11 Å². The predicted molar refractivity (Wildman–Crippen MR) is 94.8 cm³/mol. The molecule has 0 radical (unpaired) electrons. The molecule has 2 aliphatic rings. The number of ether oxygens (including phenoxy) is 1. The van der Waals surface area contributed by atoms with E-state index >= 15 is 0 Å². The molecule has 3 unspecified atom stereocenters. The molecule has 2 aromatic carbocycles. The van der Waals surface area contributed by atoms with Gasteiger partial charge in [0.2, 0.25) is 0 Å². The molecular formula is C21H23NO. The fourth-order valence-corrected chi connectivity index (χ4v) is 4.38. The molecule has 2 heteroatoms. The first-order valence-corrected chi connectivity index (χ1v) is 8.43. The zero-order valence-electron chi connectivity index (χ0n) is 13.8. The van der Waals surface area contributed by atoms with E-state index in [-0.39, 0.29) is 0 Å². The number of fused-ring (bicyclic) bond motifs is 3.